The first-order valence-corrected chi connectivity index (χ1v) is 5.63. The number of rotatable bonds is 2. The molecule has 14 heavy (non-hydrogen) atoms. The Labute approximate surface area is 82.7 Å². The van der Waals surface area contributed by atoms with Gasteiger partial charge in [-0.1, -0.05) is 6.92 Å². The number of aryl methyl sites for hydroxylation is 2. The summed E-state index contributed by atoms with van der Waals surface area (Å²) in [5, 5.41) is 0. The summed E-state index contributed by atoms with van der Waals surface area (Å²) >= 11 is 0. The molecule has 0 aliphatic carbocycles. The molecule has 1 heterocycles. The van der Waals surface area contributed by atoms with Gasteiger partial charge in [0.05, 0.1) is 13.6 Å². The van der Waals surface area contributed by atoms with E-state index in [2.05, 4.69) is 34.8 Å². The second-order valence-corrected chi connectivity index (χ2v) is 3.79. The Bertz CT molecular complexity index is 298. The third kappa shape index (κ3) is 9.41. The maximum Gasteiger partial charge on any atom is 0.262 e. The molecule has 0 amide bonds. The van der Waals surface area contributed by atoms with Crippen LogP contribution in [0.15, 0.2) is 18.7 Å². The highest BCUT2D eigenvalue weighted by Crippen LogP contribution is 2.18. The molecule has 0 saturated heterocycles. The molecule has 82 valence electrons. The van der Waals surface area contributed by atoms with Crippen molar-refractivity contribution in [3.63, 3.8) is 0 Å². The van der Waals surface area contributed by atoms with Crippen LogP contribution in [-0.4, -0.2) is 14.4 Å². The fraction of sp³-hybridized carbons (Fsp3) is 0.571. The van der Waals surface area contributed by atoms with Crippen molar-refractivity contribution in [3.8, 4) is 0 Å². The average molecular weight is 222 g/mol. The Morgan fingerprint density at radius 1 is 1.57 bits per heavy atom. The van der Waals surface area contributed by atoms with Gasteiger partial charge in [-0.15, -0.1) is 0 Å². The molecule has 0 spiro atoms. The highest BCUT2D eigenvalue weighted by Gasteiger charge is 1.94. The molecule has 2 N–H and O–H groups in total. The summed E-state index contributed by atoms with van der Waals surface area (Å²) in [6.45, 7) is 3.31. The smallest absolute Gasteiger partial charge is 0.262 e. The van der Waals surface area contributed by atoms with Crippen LogP contribution in [0.4, 0.5) is 0 Å². The first kappa shape index (κ1) is 13.3. The lowest BCUT2D eigenvalue weighted by molar-refractivity contribution is -0.671. The fourth-order valence-corrected chi connectivity index (χ4v) is 0.892. The number of nitrogens with zero attached hydrogens (tertiary/aromatic N) is 2. The van der Waals surface area contributed by atoms with Crippen molar-refractivity contribution in [2.75, 3.05) is 0 Å². The molecule has 0 aliphatic rings. The standard InChI is InChI=1S/C7H13N2.H3O4P/c1-3-4-9-6-5-8(2)7-9;1-5(2,3)4/h5-7H,3-4H2,1-2H3;(H3,1,2,3,4)/q+1;/p-1. The van der Waals surface area contributed by atoms with Crippen LogP contribution in [0.2, 0.25) is 0 Å². The summed E-state index contributed by atoms with van der Waals surface area (Å²) in [7, 11) is -2.86. The minimum Gasteiger partial charge on any atom is -0.756 e. The van der Waals surface area contributed by atoms with Crippen LogP contribution in [0.1, 0.15) is 13.3 Å². The molecule has 0 unspecified atom stereocenters. The predicted molar refractivity (Wildman–Crippen MR) is 47.9 cm³/mol. The van der Waals surface area contributed by atoms with Gasteiger partial charge in [0.2, 0.25) is 6.33 Å². The van der Waals surface area contributed by atoms with E-state index in [1.165, 1.54) is 6.42 Å². The summed E-state index contributed by atoms with van der Waals surface area (Å²) < 4.78 is 13.0. The number of hydrogen-bond acceptors (Lipinski definition) is 2. The molecule has 6 nitrogen and oxygen atoms in total. The maximum atomic E-state index is 8.77. The zero-order chi connectivity index (χ0) is 11.2. The van der Waals surface area contributed by atoms with Crippen molar-refractivity contribution in [2.24, 2.45) is 7.05 Å². The molecule has 0 aliphatic heterocycles. The van der Waals surface area contributed by atoms with Gasteiger partial charge < -0.3 is 14.7 Å². The first-order valence-electron chi connectivity index (χ1n) is 4.10. The minimum atomic E-state index is -4.89. The molecule has 7 heteroatoms. The Kier molecular flexibility index (Phi) is 5.64. The molecule has 0 fully saturated rings. The van der Waals surface area contributed by atoms with Crippen LogP contribution in [0.25, 0.3) is 0 Å². The van der Waals surface area contributed by atoms with Crippen LogP contribution in [0.5, 0.6) is 0 Å². The Balaban J connectivity index is 0.000000292. The first-order chi connectivity index (χ1) is 6.33. The molecular formula is C7H15N2O4P. The summed E-state index contributed by atoms with van der Waals surface area (Å²) in [4.78, 5) is 22.9. The summed E-state index contributed by atoms with van der Waals surface area (Å²) in [5.74, 6) is 0. The van der Waals surface area contributed by atoms with E-state index in [1.54, 1.807) is 0 Å². The number of imidazole rings is 1. The van der Waals surface area contributed by atoms with Gasteiger partial charge in [0, 0.05) is 0 Å². The van der Waals surface area contributed by atoms with Crippen molar-refractivity contribution in [1.82, 2.24) is 4.57 Å². The van der Waals surface area contributed by atoms with E-state index < -0.39 is 7.82 Å². The van der Waals surface area contributed by atoms with Gasteiger partial charge in [-0.25, -0.2) is 9.13 Å². The minimum absolute atomic E-state index is 1.13. The lowest BCUT2D eigenvalue weighted by atomic mass is 10.5. The molecule has 1 aromatic heterocycles. The summed E-state index contributed by atoms with van der Waals surface area (Å²) in [6, 6.07) is 0. The normalized spacial score (nSPS) is 10.6. The molecule has 1 aromatic rings. The van der Waals surface area contributed by atoms with Gasteiger partial charge in [0.1, 0.15) is 12.4 Å². The molecule has 0 aromatic carbocycles. The van der Waals surface area contributed by atoms with Crippen molar-refractivity contribution in [3.05, 3.63) is 18.7 Å². The van der Waals surface area contributed by atoms with E-state index in [1.807, 2.05) is 7.05 Å². The second-order valence-electron chi connectivity index (χ2n) is 2.81. The Morgan fingerprint density at radius 2 is 2.07 bits per heavy atom. The molecule has 0 radical (unpaired) electrons. The molecule has 0 saturated carbocycles. The van der Waals surface area contributed by atoms with Gasteiger partial charge in [-0.3, -0.25) is 4.57 Å². The van der Waals surface area contributed by atoms with E-state index in [0.717, 1.165) is 6.54 Å². The zero-order valence-electron chi connectivity index (χ0n) is 8.20. The molecule has 1 rings (SSSR count). The van der Waals surface area contributed by atoms with Crippen LogP contribution in [0.3, 0.4) is 0 Å². The highest BCUT2D eigenvalue weighted by atomic mass is 31.2. The lowest BCUT2D eigenvalue weighted by Gasteiger charge is -2.01. The van der Waals surface area contributed by atoms with Gasteiger partial charge in [-0.2, -0.15) is 0 Å². The summed E-state index contributed by atoms with van der Waals surface area (Å²) in [6.07, 6.45) is 7.43. The van der Waals surface area contributed by atoms with Gasteiger partial charge in [-0.05, 0) is 6.42 Å². The second kappa shape index (κ2) is 5.93. The van der Waals surface area contributed by atoms with Crippen molar-refractivity contribution < 1.29 is 23.8 Å². The third-order valence-electron chi connectivity index (χ3n) is 1.31. The number of phosphoric acid groups is 1. The number of hydrogen-bond donors (Lipinski definition) is 2. The Morgan fingerprint density at radius 3 is 2.36 bits per heavy atom. The topological polar surface area (TPSA) is 89.4 Å². The number of aromatic nitrogens is 2. The van der Waals surface area contributed by atoms with Crippen LogP contribution in [0, 0.1) is 0 Å². The van der Waals surface area contributed by atoms with Crippen LogP contribution in [-0.2, 0) is 18.2 Å². The molecule has 0 bridgehead atoms. The van der Waals surface area contributed by atoms with Crippen LogP contribution >= 0.6 is 7.82 Å². The van der Waals surface area contributed by atoms with Crippen molar-refractivity contribution in [2.45, 2.75) is 19.9 Å². The largest absolute Gasteiger partial charge is 0.756 e. The molecular weight excluding hydrogens is 207 g/mol. The van der Waals surface area contributed by atoms with E-state index in [0.29, 0.717) is 0 Å². The fourth-order valence-electron chi connectivity index (χ4n) is 0.892. The lowest BCUT2D eigenvalue weighted by Crippen LogP contribution is -2.23. The van der Waals surface area contributed by atoms with Gasteiger partial charge >= 0.3 is 0 Å². The van der Waals surface area contributed by atoms with Gasteiger partial charge in [0.25, 0.3) is 7.82 Å². The van der Waals surface area contributed by atoms with E-state index >= 15 is 0 Å². The quantitative estimate of drug-likeness (QED) is 0.504. The Hall–Kier alpha value is -0.680. The highest BCUT2D eigenvalue weighted by molar-refractivity contribution is 7.43. The monoisotopic (exact) mass is 222 g/mol. The van der Waals surface area contributed by atoms with E-state index in [4.69, 9.17) is 19.2 Å². The zero-order valence-corrected chi connectivity index (χ0v) is 9.09. The van der Waals surface area contributed by atoms with Crippen molar-refractivity contribution >= 4 is 7.82 Å². The predicted octanol–water partition coefficient (Wildman–Crippen LogP) is -0.838. The van der Waals surface area contributed by atoms with Crippen molar-refractivity contribution in [1.29, 1.82) is 0 Å². The SMILES string of the molecule is CCCn1cc[n+](C)c1.O=P([O-])(O)O. The average Bonchev–Trinajstić information content (AvgIpc) is 2.32. The maximum absolute atomic E-state index is 8.77. The van der Waals surface area contributed by atoms with E-state index in [-0.39, 0.29) is 0 Å². The molecule has 0 atom stereocenters. The summed E-state index contributed by atoms with van der Waals surface area (Å²) in [5.41, 5.74) is 0. The van der Waals surface area contributed by atoms with E-state index in [9.17, 15) is 0 Å². The third-order valence-corrected chi connectivity index (χ3v) is 1.31. The van der Waals surface area contributed by atoms with Gasteiger partial charge in [0.15, 0.2) is 0 Å². The van der Waals surface area contributed by atoms with Crippen LogP contribution < -0.4 is 9.46 Å².